The van der Waals surface area contributed by atoms with Gasteiger partial charge in [0, 0.05) is 6.61 Å². The van der Waals surface area contributed by atoms with Gasteiger partial charge in [0.05, 0.1) is 12.3 Å². The van der Waals surface area contributed by atoms with E-state index < -0.39 is 0 Å². The van der Waals surface area contributed by atoms with E-state index in [-0.39, 0.29) is 6.10 Å². The van der Waals surface area contributed by atoms with Gasteiger partial charge < -0.3 is 9.47 Å². The van der Waals surface area contributed by atoms with Crippen LogP contribution in [0.1, 0.15) is 49.0 Å². The number of ether oxygens (including phenoxy) is 2. The van der Waals surface area contributed by atoms with Gasteiger partial charge in [-0.3, -0.25) is 4.79 Å². The number of aldehydes is 1. The second-order valence-electron chi connectivity index (χ2n) is 6.09. The zero-order chi connectivity index (χ0) is 16.2. The molecule has 0 bridgehead atoms. The third-order valence-corrected chi connectivity index (χ3v) is 3.74. The normalized spacial score (nSPS) is 17.6. The molecule has 1 aromatic carbocycles. The summed E-state index contributed by atoms with van der Waals surface area (Å²) in [6, 6.07) is 7.63. The molecule has 1 aliphatic heterocycles. The Morgan fingerprint density at radius 3 is 2.78 bits per heavy atom. The van der Waals surface area contributed by atoms with Crippen LogP contribution in [0.3, 0.4) is 0 Å². The second-order valence-corrected chi connectivity index (χ2v) is 6.09. The molecule has 23 heavy (non-hydrogen) atoms. The predicted octanol–water partition coefficient (Wildman–Crippen LogP) is 2.97. The lowest BCUT2D eigenvalue weighted by Gasteiger charge is -2.13. The van der Waals surface area contributed by atoms with Crippen LogP contribution in [0, 0.1) is 5.92 Å². The van der Waals surface area contributed by atoms with E-state index in [1.165, 1.54) is 0 Å². The van der Waals surface area contributed by atoms with Crippen LogP contribution in [0.15, 0.2) is 24.3 Å². The van der Waals surface area contributed by atoms with Crippen molar-refractivity contribution in [3.63, 3.8) is 0 Å². The maximum atomic E-state index is 11.2. The molecule has 1 aromatic heterocycles. The van der Waals surface area contributed by atoms with Crippen LogP contribution in [0.2, 0.25) is 0 Å². The van der Waals surface area contributed by atoms with Crippen LogP contribution < -0.4 is 4.74 Å². The molecule has 1 saturated heterocycles. The fourth-order valence-electron chi connectivity index (χ4n) is 2.62. The van der Waals surface area contributed by atoms with Crippen molar-refractivity contribution < 1.29 is 14.3 Å². The van der Waals surface area contributed by atoms with Crippen molar-refractivity contribution in [2.75, 3.05) is 13.2 Å². The maximum Gasteiger partial charge on any atom is 0.172 e. The van der Waals surface area contributed by atoms with Gasteiger partial charge in [-0.25, -0.2) is 4.68 Å². The summed E-state index contributed by atoms with van der Waals surface area (Å²) < 4.78 is 13.1. The quantitative estimate of drug-likeness (QED) is 0.767. The fourth-order valence-corrected chi connectivity index (χ4v) is 2.62. The van der Waals surface area contributed by atoms with Gasteiger partial charge in [0.1, 0.15) is 17.5 Å². The summed E-state index contributed by atoms with van der Waals surface area (Å²) in [6.45, 7) is 5.60. The minimum absolute atomic E-state index is 0.123. The van der Waals surface area contributed by atoms with Crippen molar-refractivity contribution in [3.8, 4) is 11.4 Å². The number of rotatable bonds is 6. The Hall–Kier alpha value is -2.21. The summed E-state index contributed by atoms with van der Waals surface area (Å²) in [5, 5.41) is 8.09. The number of hydrogen-bond donors (Lipinski definition) is 0. The minimum atomic E-state index is -0.123. The molecule has 1 fully saturated rings. The molecule has 6 nitrogen and oxygen atoms in total. The van der Waals surface area contributed by atoms with Gasteiger partial charge in [-0.2, -0.15) is 0 Å². The van der Waals surface area contributed by atoms with Crippen molar-refractivity contribution in [2.24, 2.45) is 5.92 Å². The highest BCUT2D eigenvalue weighted by Crippen LogP contribution is 2.31. The molecule has 1 atom stereocenters. The molecule has 2 aromatic rings. The molecule has 6 heteroatoms. The van der Waals surface area contributed by atoms with Crippen LogP contribution in [0.5, 0.6) is 5.75 Å². The highest BCUT2D eigenvalue weighted by atomic mass is 16.5. The molecule has 0 aliphatic carbocycles. The van der Waals surface area contributed by atoms with Gasteiger partial charge in [0.15, 0.2) is 12.0 Å². The van der Waals surface area contributed by atoms with E-state index in [9.17, 15) is 4.79 Å². The van der Waals surface area contributed by atoms with Gasteiger partial charge in [0.25, 0.3) is 0 Å². The topological polar surface area (TPSA) is 66.2 Å². The summed E-state index contributed by atoms with van der Waals surface area (Å²) in [7, 11) is 0. The summed E-state index contributed by atoms with van der Waals surface area (Å²) in [6.07, 6.45) is 2.47. The van der Waals surface area contributed by atoms with E-state index in [2.05, 4.69) is 24.2 Å². The van der Waals surface area contributed by atoms with Gasteiger partial charge >= 0.3 is 0 Å². The molecular weight excluding hydrogens is 294 g/mol. The summed E-state index contributed by atoms with van der Waals surface area (Å²) >= 11 is 0. The van der Waals surface area contributed by atoms with E-state index in [1.54, 1.807) is 4.68 Å². The van der Waals surface area contributed by atoms with Crippen molar-refractivity contribution in [1.29, 1.82) is 0 Å². The van der Waals surface area contributed by atoms with Crippen LogP contribution in [0.25, 0.3) is 5.69 Å². The highest BCUT2D eigenvalue weighted by Gasteiger charge is 2.27. The first kappa shape index (κ1) is 15.7. The third kappa shape index (κ3) is 3.42. The molecule has 0 N–H and O–H groups in total. The molecule has 0 radical (unpaired) electrons. The first-order chi connectivity index (χ1) is 11.2. The average molecular weight is 315 g/mol. The van der Waals surface area contributed by atoms with E-state index in [4.69, 9.17) is 9.47 Å². The summed E-state index contributed by atoms with van der Waals surface area (Å²) in [5.74, 6) is 1.29. The van der Waals surface area contributed by atoms with Crippen molar-refractivity contribution >= 4 is 6.29 Å². The lowest BCUT2D eigenvalue weighted by atomic mass is 10.1. The molecule has 0 saturated carbocycles. The van der Waals surface area contributed by atoms with Crippen molar-refractivity contribution in [3.05, 3.63) is 35.7 Å². The number of benzene rings is 1. The summed E-state index contributed by atoms with van der Waals surface area (Å²) in [4.78, 5) is 11.2. The highest BCUT2D eigenvalue weighted by molar-refractivity contribution is 5.73. The van der Waals surface area contributed by atoms with Gasteiger partial charge in [-0.1, -0.05) is 19.1 Å². The monoisotopic (exact) mass is 315 g/mol. The SMILES string of the molecule is CC(C)COc1ccc(-n2nnc(C=O)c2C2CCCO2)cc1. The Labute approximate surface area is 135 Å². The zero-order valence-electron chi connectivity index (χ0n) is 13.4. The number of nitrogens with zero attached hydrogens (tertiary/aromatic N) is 3. The first-order valence-electron chi connectivity index (χ1n) is 7.94. The first-order valence-corrected chi connectivity index (χ1v) is 7.94. The lowest BCUT2D eigenvalue weighted by Crippen LogP contribution is -2.09. The number of carbonyl (C=O) groups excluding carboxylic acids is 1. The molecule has 2 heterocycles. The molecule has 0 spiro atoms. The van der Waals surface area contributed by atoms with E-state index >= 15 is 0 Å². The second kappa shape index (κ2) is 6.91. The molecule has 3 rings (SSSR count). The van der Waals surface area contributed by atoms with Crippen LogP contribution >= 0.6 is 0 Å². The average Bonchev–Trinajstić information content (AvgIpc) is 3.21. The van der Waals surface area contributed by atoms with Crippen LogP contribution in [0.4, 0.5) is 0 Å². The standard InChI is InChI=1S/C17H21N3O3/c1-12(2)11-23-14-7-5-13(6-8-14)20-17(15(10-21)18-19-20)16-4-3-9-22-16/h5-8,10,12,16H,3-4,9,11H2,1-2H3. The Morgan fingerprint density at radius 1 is 1.39 bits per heavy atom. The van der Waals surface area contributed by atoms with Gasteiger partial charge in [0.2, 0.25) is 0 Å². The Morgan fingerprint density at radius 2 is 2.17 bits per heavy atom. The van der Waals surface area contributed by atoms with Crippen LogP contribution in [-0.2, 0) is 4.74 Å². The maximum absolute atomic E-state index is 11.2. The van der Waals surface area contributed by atoms with Crippen LogP contribution in [-0.4, -0.2) is 34.5 Å². The van der Waals surface area contributed by atoms with E-state index in [0.717, 1.165) is 36.3 Å². The molecule has 122 valence electrons. The minimum Gasteiger partial charge on any atom is -0.493 e. The van der Waals surface area contributed by atoms with E-state index in [0.29, 0.717) is 24.8 Å². The van der Waals surface area contributed by atoms with Gasteiger partial charge in [-0.15, -0.1) is 5.10 Å². The largest absolute Gasteiger partial charge is 0.493 e. The predicted molar refractivity (Wildman–Crippen MR) is 85.0 cm³/mol. The number of aromatic nitrogens is 3. The third-order valence-electron chi connectivity index (χ3n) is 3.74. The van der Waals surface area contributed by atoms with Gasteiger partial charge in [-0.05, 0) is 43.0 Å². The fraction of sp³-hybridized carbons (Fsp3) is 0.471. The Balaban J connectivity index is 1.86. The smallest absolute Gasteiger partial charge is 0.172 e. The lowest BCUT2D eigenvalue weighted by molar-refractivity contribution is 0.102. The molecule has 1 unspecified atom stereocenters. The number of hydrogen-bond acceptors (Lipinski definition) is 5. The Bertz CT molecular complexity index is 658. The number of carbonyl (C=O) groups is 1. The molecular formula is C17H21N3O3. The summed E-state index contributed by atoms with van der Waals surface area (Å²) in [5.41, 5.74) is 1.92. The van der Waals surface area contributed by atoms with Crippen molar-refractivity contribution in [1.82, 2.24) is 15.0 Å². The molecule has 0 amide bonds. The van der Waals surface area contributed by atoms with E-state index in [1.807, 2.05) is 24.3 Å². The zero-order valence-corrected chi connectivity index (χ0v) is 13.4. The van der Waals surface area contributed by atoms with Crippen molar-refractivity contribution in [2.45, 2.75) is 32.8 Å². The Kier molecular flexibility index (Phi) is 4.71. The molecule has 1 aliphatic rings.